The van der Waals surface area contributed by atoms with Crippen molar-refractivity contribution in [3.63, 3.8) is 0 Å². The highest BCUT2D eigenvalue weighted by molar-refractivity contribution is 7.15. The van der Waals surface area contributed by atoms with Crippen molar-refractivity contribution >= 4 is 40.3 Å². The second kappa shape index (κ2) is 13.0. The molecule has 0 spiro atoms. The van der Waals surface area contributed by atoms with Gasteiger partial charge in [0.1, 0.15) is 0 Å². The third-order valence-corrected chi connectivity index (χ3v) is 8.83. The third kappa shape index (κ3) is 6.62. The van der Waals surface area contributed by atoms with Gasteiger partial charge < -0.3 is 9.47 Å². The molecule has 1 saturated carbocycles. The van der Waals surface area contributed by atoms with Gasteiger partial charge in [-0.05, 0) is 97.2 Å². The number of benzene rings is 2. The molecule has 2 aromatic carbocycles. The quantitative estimate of drug-likeness (QED) is 0.153. The summed E-state index contributed by atoms with van der Waals surface area (Å²) in [5.41, 5.74) is 7.27. The Morgan fingerprint density at radius 1 is 1.02 bits per heavy atom. The monoisotopic (exact) mass is 582 g/mol. The number of hydrogen-bond donors (Lipinski definition) is 0. The van der Waals surface area contributed by atoms with Crippen molar-refractivity contribution in [2.45, 2.75) is 65.7 Å². The minimum Gasteiger partial charge on any atom is -0.465 e. The number of fused-ring (bicyclic) bond motifs is 1. The van der Waals surface area contributed by atoms with E-state index in [1.54, 1.807) is 17.4 Å². The molecule has 6 nitrogen and oxygen atoms in total. The van der Waals surface area contributed by atoms with Crippen molar-refractivity contribution in [2.24, 2.45) is 5.92 Å². The van der Waals surface area contributed by atoms with Crippen LogP contribution in [0.2, 0.25) is 0 Å². The highest BCUT2D eigenvalue weighted by Gasteiger charge is 2.24. The van der Waals surface area contributed by atoms with Gasteiger partial charge in [0.15, 0.2) is 0 Å². The summed E-state index contributed by atoms with van der Waals surface area (Å²) in [4.78, 5) is 36.0. The first-order valence-electron chi connectivity index (χ1n) is 14.7. The van der Waals surface area contributed by atoms with Gasteiger partial charge in [-0.3, -0.25) is 0 Å². The Labute approximate surface area is 251 Å². The van der Waals surface area contributed by atoms with E-state index < -0.39 is 5.97 Å². The second-order valence-corrected chi connectivity index (χ2v) is 12.7. The maximum absolute atomic E-state index is 12.8. The molecule has 7 heteroatoms. The van der Waals surface area contributed by atoms with Crippen LogP contribution in [0.1, 0.15) is 84.1 Å². The van der Waals surface area contributed by atoms with Gasteiger partial charge in [0.2, 0.25) is 0 Å². The van der Waals surface area contributed by atoms with Crippen LogP contribution in [0.5, 0.6) is 0 Å². The number of thiazole rings is 1. The molecule has 0 N–H and O–H groups in total. The summed E-state index contributed by atoms with van der Waals surface area (Å²) in [6.45, 7) is 8.39. The van der Waals surface area contributed by atoms with E-state index in [1.165, 1.54) is 19.6 Å². The van der Waals surface area contributed by atoms with Crippen molar-refractivity contribution in [2.75, 3.05) is 13.7 Å². The fourth-order valence-electron chi connectivity index (χ4n) is 5.76. The smallest absolute Gasteiger partial charge is 0.337 e. The van der Waals surface area contributed by atoms with Crippen LogP contribution in [0.25, 0.3) is 38.7 Å². The summed E-state index contributed by atoms with van der Waals surface area (Å²) in [5, 5.41) is 2.05. The van der Waals surface area contributed by atoms with Crippen LogP contribution in [0, 0.1) is 19.8 Å². The zero-order valence-electron chi connectivity index (χ0n) is 25.0. The Morgan fingerprint density at radius 3 is 2.50 bits per heavy atom. The Bertz CT molecular complexity index is 1650. The van der Waals surface area contributed by atoms with Crippen molar-refractivity contribution in [3.05, 3.63) is 75.9 Å². The molecule has 5 rings (SSSR count). The molecule has 0 unspecified atom stereocenters. The van der Waals surface area contributed by atoms with Gasteiger partial charge in [0.05, 0.1) is 46.1 Å². The minimum absolute atomic E-state index is 0.245. The lowest BCUT2D eigenvalue weighted by Crippen LogP contribution is -2.11. The highest BCUT2D eigenvalue weighted by Crippen LogP contribution is 2.42. The lowest BCUT2D eigenvalue weighted by Gasteiger charge is -2.26. The van der Waals surface area contributed by atoms with Crippen molar-refractivity contribution in [1.82, 2.24) is 9.97 Å². The Kier molecular flexibility index (Phi) is 9.17. The summed E-state index contributed by atoms with van der Waals surface area (Å²) in [5.74, 6) is -0.234. The first kappa shape index (κ1) is 29.6. The normalized spacial score (nSPS) is 14.1. The van der Waals surface area contributed by atoms with Gasteiger partial charge in [-0.2, -0.15) is 0 Å². The summed E-state index contributed by atoms with van der Waals surface area (Å²) < 4.78 is 10.5. The number of methoxy groups -OCH3 is 1. The van der Waals surface area contributed by atoms with Gasteiger partial charge >= 0.3 is 11.9 Å². The molecule has 0 amide bonds. The molecule has 0 saturated heterocycles. The number of esters is 2. The molecular formula is C35H38N2O4S. The lowest BCUT2D eigenvalue weighted by molar-refractivity contribution is -0.138. The van der Waals surface area contributed by atoms with Crippen molar-refractivity contribution in [3.8, 4) is 21.7 Å². The van der Waals surface area contributed by atoms with Crippen LogP contribution in [0.3, 0.4) is 0 Å². The predicted octanol–water partition coefficient (Wildman–Crippen LogP) is 8.69. The maximum Gasteiger partial charge on any atom is 0.337 e. The van der Waals surface area contributed by atoms with E-state index in [2.05, 4.69) is 35.3 Å². The van der Waals surface area contributed by atoms with Gasteiger partial charge in [0.25, 0.3) is 0 Å². The number of carbonyl (C=O) groups excluding carboxylic acids is 2. The van der Waals surface area contributed by atoms with Crippen molar-refractivity contribution < 1.29 is 19.1 Å². The topological polar surface area (TPSA) is 78.4 Å². The van der Waals surface area contributed by atoms with E-state index >= 15 is 0 Å². The summed E-state index contributed by atoms with van der Waals surface area (Å²) in [6.07, 6.45) is 8.88. The number of ether oxygens (including phenoxy) is 2. The molecule has 1 aliphatic rings. The summed E-state index contributed by atoms with van der Waals surface area (Å²) in [7, 11) is 1.40. The molecule has 0 atom stereocenters. The number of aryl methyl sites for hydroxylation is 2. The molecule has 0 aliphatic heterocycles. The molecule has 1 fully saturated rings. The first-order chi connectivity index (χ1) is 20.2. The number of carbonyl (C=O) groups is 2. The maximum atomic E-state index is 12.8. The molecular weight excluding hydrogens is 544 g/mol. The van der Waals surface area contributed by atoms with Crippen molar-refractivity contribution in [1.29, 1.82) is 0 Å². The Morgan fingerprint density at radius 2 is 1.81 bits per heavy atom. The molecule has 2 heterocycles. The standard InChI is InChI=1S/C35H38N2O4S/c1-21(2)20-41-32(38)16-13-27-18-28(35(39)40-5)19-29(24-9-7-6-8-10-24)33(27)26-12-14-30-25(17-26)11-15-31(37-30)34-22(3)36-23(4)42-34/h11-19,21,24H,6-10,20H2,1-5H3/b16-13+. The zero-order valence-corrected chi connectivity index (χ0v) is 25.8. The molecule has 4 aromatic rings. The zero-order chi connectivity index (χ0) is 29.8. The van der Waals surface area contributed by atoms with Gasteiger partial charge in [-0.15, -0.1) is 11.3 Å². The third-order valence-electron chi connectivity index (χ3n) is 7.74. The average molecular weight is 583 g/mol. The van der Waals surface area contributed by atoms with Gasteiger partial charge in [0, 0.05) is 11.5 Å². The van der Waals surface area contributed by atoms with Crippen LogP contribution in [0.4, 0.5) is 0 Å². The summed E-state index contributed by atoms with van der Waals surface area (Å²) in [6, 6.07) is 14.3. The van der Waals surface area contributed by atoms with E-state index in [1.807, 2.05) is 39.8 Å². The lowest BCUT2D eigenvalue weighted by atomic mass is 9.78. The molecule has 0 bridgehead atoms. The number of nitrogens with zero attached hydrogens (tertiary/aromatic N) is 2. The molecule has 1 aliphatic carbocycles. The van der Waals surface area contributed by atoms with E-state index in [0.29, 0.717) is 18.1 Å². The van der Waals surface area contributed by atoms with Crippen LogP contribution in [-0.4, -0.2) is 35.6 Å². The molecule has 2 aromatic heterocycles. The van der Waals surface area contributed by atoms with E-state index in [4.69, 9.17) is 14.5 Å². The molecule has 42 heavy (non-hydrogen) atoms. The summed E-state index contributed by atoms with van der Waals surface area (Å²) >= 11 is 1.66. The average Bonchev–Trinajstić information content (AvgIpc) is 3.35. The van der Waals surface area contributed by atoms with E-state index in [-0.39, 0.29) is 11.9 Å². The Hall–Kier alpha value is -3.84. The fourth-order valence-corrected chi connectivity index (χ4v) is 6.64. The number of hydrogen-bond acceptors (Lipinski definition) is 7. The molecule has 218 valence electrons. The SMILES string of the molecule is COC(=O)c1cc(/C=C/C(=O)OCC(C)C)c(-c2ccc3nc(-c4sc(C)nc4C)ccc3c2)c(C2CCCCC2)c1. The van der Waals surface area contributed by atoms with Gasteiger partial charge in [-0.25, -0.2) is 19.6 Å². The Balaban J connectivity index is 1.64. The first-order valence-corrected chi connectivity index (χ1v) is 15.5. The predicted molar refractivity (Wildman–Crippen MR) is 170 cm³/mol. The fraction of sp³-hybridized carbons (Fsp3) is 0.371. The highest BCUT2D eigenvalue weighted by atomic mass is 32.1. The number of aromatic nitrogens is 2. The largest absolute Gasteiger partial charge is 0.465 e. The van der Waals surface area contributed by atoms with E-state index in [0.717, 1.165) is 80.1 Å². The molecule has 0 radical (unpaired) electrons. The second-order valence-electron chi connectivity index (χ2n) is 11.5. The minimum atomic E-state index is -0.402. The van der Waals surface area contributed by atoms with Crippen LogP contribution in [-0.2, 0) is 14.3 Å². The van der Waals surface area contributed by atoms with Crippen LogP contribution >= 0.6 is 11.3 Å². The van der Waals surface area contributed by atoms with Gasteiger partial charge in [-0.1, -0.05) is 45.2 Å². The number of rotatable bonds is 8. The number of pyridine rings is 1. The van der Waals surface area contributed by atoms with Crippen LogP contribution < -0.4 is 0 Å². The van der Waals surface area contributed by atoms with E-state index in [9.17, 15) is 9.59 Å². The van der Waals surface area contributed by atoms with Crippen LogP contribution in [0.15, 0.2) is 48.5 Å².